The molecular formula is C21H42N2O. The Balaban J connectivity index is 1.73. The highest BCUT2D eigenvalue weighted by Gasteiger charge is 2.10. The van der Waals surface area contributed by atoms with E-state index in [-0.39, 0.29) is 6.61 Å². The first-order valence-electron chi connectivity index (χ1n) is 10.6. The molecule has 0 unspecified atom stereocenters. The average Bonchev–Trinajstić information content (AvgIpc) is 3.03. The van der Waals surface area contributed by atoms with Crippen molar-refractivity contribution >= 4 is 0 Å². The first-order chi connectivity index (χ1) is 11.9. The van der Waals surface area contributed by atoms with E-state index < -0.39 is 0 Å². The minimum absolute atomic E-state index is 0.247. The van der Waals surface area contributed by atoms with Gasteiger partial charge in [0.25, 0.3) is 0 Å². The summed E-state index contributed by atoms with van der Waals surface area (Å²) < 4.78 is 0. The van der Waals surface area contributed by atoms with Gasteiger partial charge in [-0.25, -0.2) is 0 Å². The number of hydrogen-bond donors (Lipinski definition) is 1. The van der Waals surface area contributed by atoms with Gasteiger partial charge < -0.3 is 14.9 Å². The van der Waals surface area contributed by atoms with E-state index in [1.165, 1.54) is 89.9 Å². The predicted octanol–water partition coefficient (Wildman–Crippen LogP) is 5.51. The minimum Gasteiger partial charge on any atom is -0.395 e. The van der Waals surface area contributed by atoms with Crippen LogP contribution in [0, 0.1) is 0 Å². The zero-order chi connectivity index (χ0) is 17.3. The van der Waals surface area contributed by atoms with Gasteiger partial charge in [-0.05, 0) is 6.42 Å². The van der Waals surface area contributed by atoms with Gasteiger partial charge in [0.05, 0.1) is 13.3 Å². The monoisotopic (exact) mass is 338 g/mol. The van der Waals surface area contributed by atoms with Crippen LogP contribution in [0.1, 0.15) is 96.8 Å². The molecule has 1 aliphatic rings. The maximum atomic E-state index is 8.93. The Hall–Kier alpha value is -0.700. The van der Waals surface area contributed by atoms with Gasteiger partial charge in [-0.3, -0.25) is 0 Å². The highest BCUT2D eigenvalue weighted by atomic mass is 16.3. The van der Waals surface area contributed by atoms with Crippen LogP contribution < -0.4 is 0 Å². The van der Waals surface area contributed by atoms with Gasteiger partial charge in [0.1, 0.15) is 0 Å². The van der Waals surface area contributed by atoms with Crippen LogP contribution in [0.3, 0.4) is 0 Å². The third kappa shape index (κ3) is 11.8. The molecule has 0 aromatic carbocycles. The summed E-state index contributed by atoms with van der Waals surface area (Å²) in [7, 11) is 0. The Morgan fingerprint density at radius 2 is 1.04 bits per heavy atom. The number of unbranched alkanes of at least 4 members (excludes halogenated alkanes) is 13. The molecule has 1 heterocycles. The fourth-order valence-corrected chi connectivity index (χ4v) is 3.44. The standard InChI is InChI=1S/C21H42N2O/c1-2-3-4-5-6-7-8-9-10-11-12-13-14-15-16-22-17-18-23(21-22)19-20-24/h17-18,24H,2-16,19-21H2,1H3. The number of aliphatic hydroxyl groups excluding tert-OH is 1. The largest absolute Gasteiger partial charge is 0.395 e. The van der Waals surface area contributed by atoms with Crippen LogP contribution in [0.2, 0.25) is 0 Å². The van der Waals surface area contributed by atoms with Gasteiger partial charge in [-0.15, -0.1) is 0 Å². The third-order valence-electron chi connectivity index (χ3n) is 5.04. The predicted molar refractivity (Wildman–Crippen MR) is 105 cm³/mol. The van der Waals surface area contributed by atoms with E-state index in [0.29, 0.717) is 0 Å². The molecule has 0 bridgehead atoms. The minimum atomic E-state index is 0.247. The van der Waals surface area contributed by atoms with Gasteiger partial charge in [0.15, 0.2) is 0 Å². The van der Waals surface area contributed by atoms with Crippen LogP contribution >= 0.6 is 0 Å². The van der Waals surface area contributed by atoms with Crippen LogP contribution in [0.4, 0.5) is 0 Å². The summed E-state index contributed by atoms with van der Waals surface area (Å²) >= 11 is 0. The van der Waals surface area contributed by atoms with Crippen molar-refractivity contribution in [2.75, 3.05) is 26.4 Å². The Bertz CT molecular complexity index is 294. The van der Waals surface area contributed by atoms with E-state index in [4.69, 9.17) is 5.11 Å². The Labute approximate surface area is 151 Å². The van der Waals surface area contributed by atoms with Crippen molar-refractivity contribution in [2.45, 2.75) is 96.8 Å². The van der Waals surface area contributed by atoms with E-state index in [1.54, 1.807) is 0 Å². The van der Waals surface area contributed by atoms with Crippen molar-refractivity contribution in [3.8, 4) is 0 Å². The number of β-amino-alcohol motifs (C(OH)–C–C–N with tert-alkyl or cyclic N) is 1. The van der Waals surface area contributed by atoms with Gasteiger partial charge in [0.2, 0.25) is 0 Å². The zero-order valence-corrected chi connectivity index (χ0v) is 16.2. The summed E-state index contributed by atoms with van der Waals surface area (Å²) in [4.78, 5) is 4.53. The average molecular weight is 339 g/mol. The summed E-state index contributed by atoms with van der Waals surface area (Å²) in [6.45, 7) is 5.41. The molecule has 0 fully saturated rings. The van der Waals surface area contributed by atoms with Crippen LogP contribution in [-0.4, -0.2) is 41.3 Å². The zero-order valence-electron chi connectivity index (χ0n) is 16.2. The number of aliphatic hydroxyl groups is 1. The quantitative estimate of drug-likeness (QED) is 0.354. The second-order valence-corrected chi connectivity index (χ2v) is 7.38. The topological polar surface area (TPSA) is 26.7 Å². The summed E-state index contributed by atoms with van der Waals surface area (Å²) in [5, 5.41) is 8.93. The molecule has 1 aliphatic heterocycles. The molecule has 0 atom stereocenters. The molecule has 3 nitrogen and oxygen atoms in total. The van der Waals surface area contributed by atoms with E-state index in [2.05, 4.69) is 29.1 Å². The summed E-state index contributed by atoms with van der Waals surface area (Å²) in [5.74, 6) is 0. The molecular weight excluding hydrogens is 296 g/mol. The Morgan fingerprint density at radius 1 is 0.625 bits per heavy atom. The molecule has 24 heavy (non-hydrogen) atoms. The molecule has 1 rings (SSSR count). The van der Waals surface area contributed by atoms with Crippen LogP contribution in [0.25, 0.3) is 0 Å². The van der Waals surface area contributed by atoms with Crippen molar-refractivity contribution < 1.29 is 5.11 Å². The highest BCUT2D eigenvalue weighted by Crippen LogP contribution is 2.13. The van der Waals surface area contributed by atoms with Gasteiger partial charge in [-0.2, -0.15) is 0 Å². The normalized spacial score (nSPS) is 14.1. The lowest BCUT2D eigenvalue weighted by Gasteiger charge is -2.20. The Kier molecular flexibility index (Phi) is 14.1. The second-order valence-electron chi connectivity index (χ2n) is 7.38. The maximum absolute atomic E-state index is 8.93. The van der Waals surface area contributed by atoms with E-state index in [1.807, 2.05) is 0 Å². The molecule has 0 saturated carbocycles. The Morgan fingerprint density at radius 3 is 1.50 bits per heavy atom. The number of nitrogens with zero attached hydrogens (tertiary/aromatic N) is 2. The lowest BCUT2D eigenvalue weighted by molar-refractivity contribution is 0.204. The van der Waals surface area contributed by atoms with Crippen molar-refractivity contribution in [3.63, 3.8) is 0 Å². The maximum Gasteiger partial charge on any atom is 0.0894 e. The van der Waals surface area contributed by atoms with Gasteiger partial charge >= 0.3 is 0 Å². The molecule has 0 aromatic heterocycles. The van der Waals surface area contributed by atoms with Crippen molar-refractivity contribution in [3.05, 3.63) is 12.4 Å². The summed E-state index contributed by atoms with van der Waals surface area (Å²) in [5.41, 5.74) is 0. The second kappa shape index (κ2) is 15.8. The van der Waals surface area contributed by atoms with Crippen molar-refractivity contribution in [2.24, 2.45) is 0 Å². The van der Waals surface area contributed by atoms with Crippen molar-refractivity contribution in [1.29, 1.82) is 0 Å². The molecule has 0 aromatic rings. The van der Waals surface area contributed by atoms with Crippen LogP contribution in [0.15, 0.2) is 12.4 Å². The molecule has 0 radical (unpaired) electrons. The lowest BCUT2D eigenvalue weighted by Crippen LogP contribution is -2.27. The summed E-state index contributed by atoms with van der Waals surface area (Å²) in [6.07, 6.45) is 24.1. The van der Waals surface area contributed by atoms with E-state index >= 15 is 0 Å². The first-order valence-corrected chi connectivity index (χ1v) is 10.6. The molecule has 3 heteroatoms. The van der Waals surface area contributed by atoms with E-state index in [0.717, 1.165) is 19.8 Å². The van der Waals surface area contributed by atoms with Gasteiger partial charge in [0, 0.05) is 25.5 Å². The molecule has 142 valence electrons. The molecule has 0 saturated heterocycles. The van der Waals surface area contributed by atoms with Crippen molar-refractivity contribution in [1.82, 2.24) is 9.80 Å². The molecule has 0 spiro atoms. The molecule has 0 aliphatic carbocycles. The molecule has 1 N–H and O–H groups in total. The van der Waals surface area contributed by atoms with E-state index in [9.17, 15) is 0 Å². The highest BCUT2D eigenvalue weighted by molar-refractivity contribution is 4.90. The number of hydrogen-bond acceptors (Lipinski definition) is 3. The van der Waals surface area contributed by atoms with Crippen LogP contribution in [-0.2, 0) is 0 Å². The third-order valence-corrected chi connectivity index (χ3v) is 5.04. The first kappa shape index (κ1) is 21.3. The lowest BCUT2D eigenvalue weighted by atomic mass is 10.0. The SMILES string of the molecule is CCCCCCCCCCCCCCCCN1C=CN(CCO)C1. The van der Waals surface area contributed by atoms with Gasteiger partial charge in [-0.1, -0.05) is 90.4 Å². The number of rotatable bonds is 17. The summed E-state index contributed by atoms with van der Waals surface area (Å²) in [6, 6.07) is 0. The molecule has 0 amide bonds. The van der Waals surface area contributed by atoms with Crippen LogP contribution in [0.5, 0.6) is 0 Å². The fourth-order valence-electron chi connectivity index (χ4n) is 3.44. The fraction of sp³-hybridized carbons (Fsp3) is 0.905. The smallest absolute Gasteiger partial charge is 0.0894 e.